The third-order valence-electron chi connectivity index (χ3n) is 2.91. The van der Waals surface area contributed by atoms with Crippen LogP contribution in [0.2, 0.25) is 5.02 Å². The summed E-state index contributed by atoms with van der Waals surface area (Å²) in [7, 11) is 0. The topological polar surface area (TPSA) is 42.7 Å². The van der Waals surface area contributed by atoms with Gasteiger partial charge in [-0.1, -0.05) is 11.6 Å². The van der Waals surface area contributed by atoms with Crippen molar-refractivity contribution in [2.75, 3.05) is 16.8 Å². The molecule has 1 fully saturated rings. The molecule has 6 heteroatoms. The Morgan fingerprint density at radius 1 is 1.44 bits per heavy atom. The largest absolute Gasteiger partial charge is 0.380 e. The number of nitrogens with zero attached hydrogens (tertiary/aromatic N) is 3. The molecule has 0 spiro atoms. The molecule has 2 aromatic rings. The zero-order valence-corrected chi connectivity index (χ0v) is 11.3. The summed E-state index contributed by atoms with van der Waals surface area (Å²) in [5, 5.41) is 8.44. The minimum atomic E-state index is 0.510. The number of rotatable bonds is 3. The molecule has 0 bridgehead atoms. The van der Waals surface area contributed by atoms with Crippen LogP contribution in [0.4, 0.5) is 5.69 Å². The van der Waals surface area contributed by atoms with E-state index >= 15 is 0 Å². The van der Waals surface area contributed by atoms with Gasteiger partial charge in [-0.3, -0.25) is 0 Å². The van der Waals surface area contributed by atoms with Crippen molar-refractivity contribution in [2.45, 2.75) is 12.5 Å². The molecule has 1 saturated heterocycles. The maximum Gasteiger partial charge on any atom is 0.138 e. The summed E-state index contributed by atoms with van der Waals surface area (Å²) in [6.07, 6.45) is 4.41. The molecule has 0 amide bonds. The molecule has 1 unspecified atom stereocenters. The molecule has 2 heterocycles. The third kappa shape index (κ3) is 2.47. The summed E-state index contributed by atoms with van der Waals surface area (Å²) < 4.78 is 1.75. The van der Waals surface area contributed by atoms with Crippen molar-refractivity contribution in [1.29, 1.82) is 0 Å². The first-order valence-corrected chi connectivity index (χ1v) is 7.35. The summed E-state index contributed by atoms with van der Waals surface area (Å²) in [5.74, 6) is 2.36. The van der Waals surface area contributed by atoms with Crippen molar-refractivity contribution >= 4 is 29.1 Å². The number of nitrogens with one attached hydrogen (secondary N) is 1. The molecule has 1 aromatic carbocycles. The summed E-state index contributed by atoms with van der Waals surface area (Å²) in [5.41, 5.74) is 1.99. The SMILES string of the molecule is Clc1ccc(-n2cncn2)c(NC2CCSC2)c1. The number of benzene rings is 1. The lowest BCUT2D eigenvalue weighted by molar-refractivity contribution is 0.805. The van der Waals surface area contributed by atoms with Crippen LogP contribution >= 0.6 is 23.4 Å². The molecular weight excluding hydrogens is 268 g/mol. The van der Waals surface area contributed by atoms with E-state index in [4.69, 9.17) is 11.6 Å². The van der Waals surface area contributed by atoms with Crippen molar-refractivity contribution in [3.05, 3.63) is 35.9 Å². The molecule has 18 heavy (non-hydrogen) atoms. The highest BCUT2D eigenvalue weighted by Gasteiger charge is 2.17. The quantitative estimate of drug-likeness (QED) is 0.939. The number of halogens is 1. The predicted octanol–water partition coefficient (Wildman–Crippen LogP) is 2.84. The van der Waals surface area contributed by atoms with Crippen LogP contribution in [0.1, 0.15) is 6.42 Å². The second kappa shape index (κ2) is 5.20. The number of aromatic nitrogens is 3. The maximum atomic E-state index is 6.07. The van der Waals surface area contributed by atoms with Gasteiger partial charge in [0.25, 0.3) is 0 Å². The van der Waals surface area contributed by atoms with Gasteiger partial charge in [-0.05, 0) is 30.4 Å². The molecule has 1 atom stereocenters. The summed E-state index contributed by atoms with van der Waals surface area (Å²) in [6, 6.07) is 6.28. The minimum Gasteiger partial charge on any atom is -0.380 e. The Bertz CT molecular complexity index is 523. The lowest BCUT2D eigenvalue weighted by atomic mass is 10.2. The smallest absolute Gasteiger partial charge is 0.138 e. The van der Waals surface area contributed by atoms with E-state index in [2.05, 4.69) is 15.4 Å². The summed E-state index contributed by atoms with van der Waals surface area (Å²) in [6.45, 7) is 0. The molecule has 3 rings (SSSR count). The van der Waals surface area contributed by atoms with Gasteiger partial charge < -0.3 is 5.32 Å². The van der Waals surface area contributed by atoms with Crippen molar-refractivity contribution in [3.63, 3.8) is 0 Å². The molecule has 1 aromatic heterocycles. The standard InChI is InChI=1S/C12H13ClN4S/c13-9-1-2-12(17-8-14-7-15-17)11(5-9)16-10-3-4-18-6-10/h1-2,5,7-8,10,16H,3-4,6H2. The van der Waals surface area contributed by atoms with E-state index in [1.807, 2.05) is 30.0 Å². The average molecular weight is 281 g/mol. The molecule has 0 radical (unpaired) electrons. The number of anilines is 1. The van der Waals surface area contributed by atoms with Crippen LogP contribution in [-0.4, -0.2) is 32.3 Å². The van der Waals surface area contributed by atoms with Gasteiger partial charge in [-0.25, -0.2) is 9.67 Å². The van der Waals surface area contributed by atoms with Crippen molar-refractivity contribution < 1.29 is 0 Å². The van der Waals surface area contributed by atoms with E-state index in [1.54, 1.807) is 11.0 Å². The minimum absolute atomic E-state index is 0.510. The summed E-state index contributed by atoms with van der Waals surface area (Å²) >= 11 is 8.05. The van der Waals surface area contributed by atoms with Crippen molar-refractivity contribution in [2.24, 2.45) is 0 Å². The van der Waals surface area contributed by atoms with Crippen LogP contribution in [0.25, 0.3) is 5.69 Å². The van der Waals surface area contributed by atoms with Gasteiger partial charge in [-0.2, -0.15) is 16.9 Å². The lowest BCUT2D eigenvalue weighted by Crippen LogP contribution is -2.19. The number of thioether (sulfide) groups is 1. The molecule has 94 valence electrons. The third-order valence-corrected chi connectivity index (χ3v) is 4.31. The Morgan fingerprint density at radius 3 is 3.11 bits per heavy atom. The van der Waals surface area contributed by atoms with Gasteiger partial charge in [0, 0.05) is 16.8 Å². The van der Waals surface area contributed by atoms with Gasteiger partial charge in [0.1, 0.15) is 12.7 Å². The zero-order chi connectivity index (χ0) is 12.4. The fourth-order valence-electron chi connectivity index (χ4n) is 2.02. The highest BCUT2D eigenvalue weighted by atomic mass is 35.5. The maximum absolute atomic E-state index is 6.07. The number of hydrogen-bond acceptors (Lipinski definition) is 4. The van der Waals surface area contributed by atoms with E-state index in [1.165, 1.54) is 18.5 Å². The fourth-order valence-corrected chi connectivity index (χ4v) is 3.35. The normalized spacial score (nSPS) is 19.1. The average Bonchev–Trinajstić information content (AvgIpc) is 3.01. The first kappa shape index (κ1) is 11.9. The Balaban J connectivity index is 1.93. The van der Waals surface area contributed by atoms with E-state index in [-0.39, 0.29) is 0 Å². The van der Waals surface area contributed by atoms with Crippen LogP contribution in [0, 0.1) is 0 Å². The van der Waals surface area contributed by atoms with E-state index in [9.17, 15) is 0 Å². The van der Waals surface area contributed by atoms with E-state index < -0.39 is 0 Å². The molecular formula is C12H13ClN4S. The van der Waals surface area contributed by atoms with Gasteiger partial charge in [-0.15, -0.1) is 0 Å². The van der Waals surface area contributed by atoms with E-state index in [0.717, 1.165) is 22.2 Å². The Labute approximate surface area is 115 Å². The molecule has 1 aliphatic rings. The van der Waals surface area contributed by atoms with Crippen LogP contribution in [0.15, 0.2) is 30.9 Å². The predicted molar refractivity (Wildman–Crippen MR) is 75.7 cm³/mol. The highest BCUT2D eigenvalue weighted by molar-refractivity contribution is 7.99. The van der Waals surface area contributed by atoms with Crippen LogP contribution in [0.5, 0.6) is 0 Å². The highest BCUT2D eigenvalue weighted by Crippen LogP contribution is 2.27. The zero-order valence-electron chi connectivity index (χ0n) is 9.71. The molecule has 4 nitrogen and oxygen atoms in total. The van der Waals surface area contributed by atoms with Gasteiger partial charge in [0.05, 0.1) is 11.4 Å². The van der Waals surface area contributed by atoms with Crippen LogP contribution in [-0.2, 0) is 0 Å². The van der Waals surface area contributed by atoms with Gasteiger partial charge in [0.2, 0.25) is 0 Å². The van der Waals surface area contributed by atoms with Crippen molar-refractivity contribution in [1.82, 2.24) is 14.8 Å². The van der Waals surface area contributed by atoms with Gasteiger partial charge >= 0.3 is 0 Å². The molecule has 1 aliphatic heterocycles. The number of hydrogen-bond donors (Lipinski definition) is 1. The van der Waals surface area contributed by atoms with Crippen LogP contribution < -0.4 is 5.32 Å². The molecule has 0 aliphatic carbocycles. The van der Waals surface area contributed by atoms with E-state index in [0.29, 0.717) is 6.04 Å². The van der Waals surface area contributed by atoms with Crippen LogP contribution in [0.3, 0.4) is 0 Å². The van der Waals surface area contributed by atoms with Crippen molar-refractivity contribution in [3.8, 4) is 5.69 Å². The Hall–Kier alpha value is -1.20. The fraction of sp³-hybridized carbons (Fsp3) is 0.333. The first-order valence-electron chi connectivity index (χ1n) is 5.82. The van der Waals surface area contributed by atoms with Gasteiger partial charge in [0.15, 0.2) is 0 Å². The summed E-state index contributed by atoms with van der Waals surface area (Å²) in [4.78, 5) is 3.98. The molecule has 1 N–H and O–H groups in total. The second-order valence-electron chi connectivity index (χ2n) is 4.21. The monoisotopic (exact) mass is 280 g/mol. The lowest BCUT2D eigenvalue weighted by Gasteiger charge is -2.16. The Kier molecular flexibility index (Phi) is 3.43. The molecule has 0 saturated carbocycles. The first-order chi connectivity index (χ1) is 8.83. The second-order valence-corrected chi connectivity index (χ2v) is 5.79. The Morgan fingerprint density at radius 2 is 2.39 bits per heavy atom.